The second kappa shape index (κ2) is 32.0. The first-order valence-electron chi connectivity index (χ1n) is 28.5. The molecule has 0 aliphatic heterocycles. The van der Waals surface area contributed by atoms with Crippen LogP contribution in [-0.4, -0.2) is 46.6 Å². The van der Waals surface area contributed by atoms with Crippen molar-refractivity contribution in [1.29, 1.82) is 0 Å². The van der Waals surface area contributed by atoms with Crippen LogP contribution in [0.1, 0.15) is 240 Å². The molecule has 5 aromatic rings. The third kappa shape index (κ3) is 18.4. The summed E-state index contributed by atoms with van der Waals surface area (Å²) in [5, 5.41) is 0. The van der Waals surface area contributed by atoms with Gasteiger partial charge in [-0.05, 0) is 147 Å². The van der Waals surface area contributed by atoms with Crippen LogP contribution < -0.4 is 21.3 Å². The molecule has 0 spiro atoms. The van der Waals surface area contributed by atoms with Crippen molar-refractivity contribution in [2.24, 2.45) is 10.7 Å². The maximum Gasteiger partial charge on any atom is 0.240 e. The largest absolute Gasteiger partial charge is 0.398 e. The Morgan fingerprint density at radius 1 is 0.532 bits per heavy atom. The molecule has 2 saturated carbocycles. The molecule has 7 nitrogen and oxygen atoms in total. The Balaban J connectivity index is 0.000000375. The molecule has 2 aliphatic carbocycles. The monoisotopic (exact) mass is 1070 g/mol. The highest BCUT2D eigenvalue weighted by atomic mass is 35.5. The van der Waals surface area contributed by atoms with Crippen LogP contribution in [0.2, 0.25) is 0 Å². The lowest BCUT2D eigenvalue weighted by Crippen LogP contribution is -2.31. The molecule has 5 aromatic carbocycles. The minimum Gasteiger partial charge on any atom is -0.398 e. The average Bonchev–Trinajstić information content (AvgIpc) is 4.08. The number of nitrogens with two attached hydrogens (primary N) is 2. The fourth-order valence-electron chi connectivity index (χ4n) is 11.5. The lowest BCUT2D eigenvalue weighted by Gasteiger charge is -2.30. The lowest BCUT2D eigenvalue weighted by atomic mass is 9.74. The highest BCUT2D eigenvalue weighted by Gasteiger charge is 2.36. The Bertz CT molecular complexity index is 2490. The van der Waals surface area contributed by atoms with Crippen LogP contribution in [0, 0.1) is 0 Å². The van der Waals surface area contributed by atoms with E-state index in [0.29, 0.717) is 54.1 Å². The number of Topliss-reactive ketones (excluding diaryl/α,β-unsaturated/α-hetero) is 1. The van der Waals surface area contributed by atoms with E-state index in [-0.39, 0.29) is 30.7 Å². The summed E-state index contributed by atoms with van der Waals surface area (Å²) in [6.45, 7) is 26.8. The number of para-hydroxylation sites is 2. The van der Waals surface area contributed by atoms with Crippen molar-refractivity contribution in [3.05, 3.63) is 153 Å². The minimum atomic E-state index is 0. The second-order valence-corrected chi connectivity index (χ2v) is 24.0. The van der Waals surface area contributed by atoms with Gasteiger partial charge in [0.2, 0.25) is 6.08 Å². The van der Waals surface area contributed by atoms with E-state index in [0.717, 1.165) is 35.5 Å². The van der Waals surface area contributed by atoms with Gasteiger partial charge in [0.1, 0.15) is 5.78 Å². The van der Waals surface area contributed by atoms with E-state index >= 15 is 0 Å². The topological polar surface area (TPSA) is 105 Å². The van der Waals surface area contributed by atoms with E-state index < -0.39 is 0 Å². The first-order valence-corrected chi connectivity index (χ1v) is 28.5. The second-order valence-electron chi connectivity index (χ2n) is 24.0. The zero-order valence-corrected chi connectivity index (χ0v) is 50.8. The first-order chi connectivity index (χ1) is 35.5. The zero-order valence-electron chi connectivity index (χ0n) is 50.0. The average molecular weight is 1070 g/mol. The number of hydrogen-bond acceptors (Lipinski definition) is 7. The van der Waals surface area contributed by atoms with Crippen LogP contribution in [0.4, 0.5) is 22.7 Å². The van der Waals surface area contributed by atoms with E-state index in [9.17, 15) is 9.59 Å². The highest BCUT2D eigenvalue weighted by molar-refractivity contribution is 5.85. The number of hydrogen-bond donors (Lipinski definition) is 2. The number of isocyanates is 1. The van der Waals surface area contributed by atoms with Crippen LogP contribution >= 0.6 is 12.4 Å². The summed E-state index contributed by atoms with van der Waals surface area (Å²) in [7, 11) is 8.31. The summed E-state index contributed by atoms with van der Waals surface area (Å²) >= 11 is 0. The number of nitrogen functional groups attached to an aromatic ring is 1. The molecule has 0 bridgehead atoms. The van der Waals surface area contributed by atoms with Crippen molar-refractivity contribution < 1.29 is 9.59 Å². The van der Waals surface area contributed by atoms with Crippen LogP contribution in [0.25, 0.3) is 0 Å². The summed E-state index contributed by atoms with van der Waals surface area (Å²) in [6, 6.07) is 36.9. The Hall–Kier alpha value is -5.20. The van der Waals surface area contributed by atoms with Crippen molar-refractivity contribution in [2.45, 2.75) is 207 Å². The maximum atomic E-state index is 13.2. The summed E-state index contributed by atoms with van der Waals surface area (Å²) in [5.41, 5.74) is 28.4. The fraction of sp³-hybridized carbons (Fsp3) is 0.536. The number of nitrogens with zero attached hydrogens (tertiary/aromatic N) is 3. The summed E-state index contributed by atoms with van der Waals surface area (Å²) in [5.74, 6) is 3.05. The smallest absolute Gasteiger partial charge is 0.240 e. The molecule has 77 heavy (non-hydrogen) atoms. The summed E-state index contributed by atoms with van der Waals surface area (Å²) in [6.07, 6.45) is 14.0. The normalized spacial score (nSPS) is 14.1. The predicted molar refractivity (Wildman–Crippen MR) is 339 cm³/mol. The number of halogens is 1. The number of anilines is 3. The molecule has 424 valence electrons. The van der Waals surface area contributed by atoms with Crippen molar-refractivity contribution in [3.8, 4) is 0 Å². The van der Waals surface area contributed by atoms with Crippen molar-refractivity contribution in [3.63, 3.8) is 0 Å². The molecule has 7 rings (SSSR count). The van der Waals surface area contributed by atoms with Gasteiger partial charge in [-0.1, -0.05) is 195 Å². The number of ketones is 1. The van der Waals surface area contributed by atoms with Gasteiger partial charge in [0.05, 0.1) is 5.69 Å². The molecule has 0 amide bonds. The third-order valence-corrected chi connectivity index (χ3v) is 16.2. The van der Waals surface area contributed by atoms with E-state index in [1.807, 2.05) is 18.2 Å². The molecular weight excluding hydrogens is 966 g/mol. The molecule has 0 heterocycles. The molecule has 2 aliphatic rings. The van der Waals surface area contributed by atoms with Gasteiger partial charge in [-0.25, -0.2) is 4.79 Å². The first kappa shape index (κ1) is 67.9. The van der Waals surface area contributed by atoms with Crippen LogP contribution in [0.3, 0.4) is 0 Å². The zero-order chi connectivity index (χ0) is 55.6. The standard InChI is InChI=1S/C29H41NO.C14H22N2.C13H17NO.C12H19N.CH4.ClH/c1-21(2)26-10-9-11-27(22(3)4)28(26)20-25(31)16-19-29(17-7-8-18-29)23-12-14-24(15-13-23)30(5)6;1-16(2)13-7-5-12(6-8-13)14(11-15)9-3-4-10-14;1-9(2)11-6-5-7-12(10(3)4)13(11)14-8-15;1-8(2)10-6-5-7-11(9(3)4)12(10)13;;/h9-15,21-22H,7-8,16-20H2,1-6H3;5-8H,3-4,9-11,15H2,1-2H3;5-7,9-10H,1-4H3;5-9H,13H2,1-4H3;1H4;1H. The number of benzene rings is 5. The molecule has 0 radical (unpaired) electrons. The number of carbonyl (C=O) groups excluding carboxylic acids is 2. The predicted octanol–water partition coefficient (Wildman–Crippen LogP) is 18.4. The summed E-state index contributed by atoms with van der Waals surface area (Å²) in [4.78, 5) is 31.8. The third-order valence-electron chi connectivity index (χ3n) is 16.2. The Kier molecular flexibility index (Phi) is 28.2. The van der Waals surface area contributed by atoms with Gasteiger partial charge in [0.15, 0.2) is 0 Å². The van der Waals surface area contributed by atoms with Gasteiger partial charge < -0.3 is 21.3 Å². The SMILES string of the molecule is C.CC(C)c1cccc(C(C)C)c1CC(=O)CCC1(c2ccc(N(C)C)cc2)CCCC1.CC(C)c1cccc(C(C)C)c1N.CC(C)c1cccc(C(C)C)c1N=C=O.CN(C)c1ccc(C2(CN)CCCC2)cc1.Cl. The molecule has 0 saturated heterocycles. The molecule has 0 unspecified atom stereocenters. The van der Waals surface area contributed by atoms with Crippen LogP contribution in [-0.2, 0) is 26.8 Å². The molecule has 0 atom stereocenters. The van der Waals surface area contributed by atoms with Crippen LogP contribution in [0.5, 0.6) is 0 Å². The summed E-state index contributed by atoms with van der Waals surface area (Å²) < 4.78 is 0. The highest BCUT2D eigenvalue weighted by Crippen LogP contribution is 2.46. The van der Waals surface area contributed by atoms with E-state index in [4.69, 9.17) is 11.5 Å². The molecular formula is C69H104ClN5O2. The van der Waals surface area contributed by atoms with Gasteiger partial charge in [-0.3, -0.25) is 4.79 Å². The maximum absolute atomic E-state index is 13.2. The van der Waals surface area contributed by atoms with Crippen molar-refractivity contribution in [1.82, 2.24) is 0 Å². The lowest BCUT2D eigenvalue weighted by molar-refractivity contribution is -0.118. The van der Waals surface area contributed by atoms with E-state index in [2.05, 4.69) is 211 Å². The van der Waals surface area contributed by atoms with Crippen LogP contribution in [0.15, 0.2) is 108 Å². The number of aliphatic imine (C=N–C) groups is 1. The van der Waals surface area contributed by atoms with E-state index in [1.165, 1.54) is 102 Å². The van der Waals surface area contributed by atoms with Gasteiger partial charge in [-0.2, -0.15) is 4.99 Å². The molecule has 2 fully saturated rings. The van der Waals surface area contributed by atoms with Gasteiger partial charge >= 0.3 is 0 Å². The number of carbonyl (C=O) groups is 1. The van der Waals surface area contributed by atoms with Crippen molar-refractivity contribution in [2.75, 3.05) is 50.3 Å². The van der Waals surface area contributed by atoms with Gasteiger partial charge in [0, 0.05) is 70.1 Å². The number of rotatable bonds is 17. The van der Waals surface area contributed by atoms with E-state index in [1.54, 1.807) is 6.08 Å². The Morgan fingerprint density at radius 3 is 1.18 bits per heavy atom. The molecule has 4 N–H and O–H groups in total. The van der Waals surface area contributed by atoms with Crippen molar-refractivity contribution >= 4 is 47.0 Å². The Labute approximate surface area is 475 Å². The molecule has 0 aromatic heterocycles. The Morgan fingerprint density at radius 2 is 0.857 bits per heavy atom. The van der Waals surface area contributed by atoms with Gasteiger partial charge in [0.25, 0.3) is 0 Å². The van der Waals surface area contributed by atoms with Gasteiger partial charge in [-0.15, -0.1) is 12.4 Å². The minimum absolute atomic E-state index is 0. The quantitative estimate of drug-likeness (QED) is 0.0546. The molecule has 8 heteroatoms. The fourth-order valence-corrected chi connectivity index (χ4v) is 11.5.